The average Bonchev–Trinajstić information content (AvgIpc) is 2.81. The Hall–Kier alpha value is -2.85. The minimum Gasteiger partial charge on any atom is -0.320 e. The van der Waals surface area contributed by atoms with E-state index in [1.54, 1.807) is 0 Å². The van der Waals surface area contributed by atoms with Gasteiger partial charge in [0.05, 0.1) is 13.1 Å². The second kappa shape index (κ2) is 8.02. The van der Waals surface area contributed by atoms with Gasteiger partial charge >= 0.3 is 0 Å². The number of hydrogen-bond acceptors (Lipinski definition) is 3. The lowest BCUT2D eigenvalue weighted by molar-refractivity contribution is -0.134. The molecular weight excluding hydrogens is 326 g/mol. The number of carbonyl (C=O) groups excluding carboxylic acids is 3. The molecule has 4 heteroatoms. The van der Waals surface area contributed by atoms with Crippen LogP contribution in [-0.4, -0.2) is 35.5 Å². The van der Waals surface area contributed by atoms with Gasteiger partial charge in [0.15, 0.2) is 5.78 Å². The molecule has 1 amide bonds. The molecule has 26 heavy (non-hydrogen) atoms. The van der Waals surface area contributed by atoms with Gasteiger partial charge in [-0.3, -0.25) is 14.4 Å². The molecule has 1 fully saturated rings. The molecule has 0 aliphatic heterocycles. The Bertz CT molecular complexity index is 799. The van der Waals surface area contributed by atoms with Crippen LogP contribution in [0, 0.1) is 51.4 Å². The number of terminal acetylenes is 2. The monoisotopic (exact) mass is 349 g/mol. The van der Waals surface area contributed by atoms with E-state index in [4.69, 9.17) is 12.8 Å². The minimum absolute atomic E-state index is 0.0333. The van der Waals surface area contributed by atoms with E-state index in [-0.39, 0.29) is 43.4 Å². The highest BCUT2D eigenvalue weighted by Gasteiger charge is 2.44. The van der Waals surface area contributed by atoms with Crippen molar-refractivity contribution in [2.75, 3.05) is 13.1 Å². The van der Waals surface area contributed by atoms with Crippen molar-refractivity contribution in [3.05, 3.63) is 34.4 Å². The van der Waals surface area contributed by atoms with Crippen LogP contribution in [0.3, 0.4) is 0 Å². The smallest absolute Gasteiger partial charge is 0.224 e. The molecule has 1 aromatic rings. The summed E-state index contributed by atoms with van der Waals surface area (Å²) in [5, 5.41) is 0. The number of amides is 1. The van der Waals surface area contributed by atoms with Gasteiger partial charge < -0.3 is 4.90 Å². The van der Waals surface area contributed by atoms with Crippen molar-refractivity contribution in [1.29, 1.82) is 0 Å². The summed E-state index contributed by atoms with van der Waals surface area (Å²) in [6.07, 6.45) is 10.6. The first-order valence-electron chi connectivity index (χ1n) is 8.59. The number of carbonyl (C=O) groups is 3. The lowest BCUT2D eigenvalue weighted by atomic mass is 9.86. The summed E-state index contributed by atoms with van der Waals surface area (Å²) in [7, 11) is 0. The summed E-state index contributed by atoms with van der Waals surface area (Å²) in [5.41, 5.74) is 3.74. The lowest BCUT2D eigenvalue weighted by Crippen LogP contribution is -2.34. The number of nitrogens with zero attached hydrogens (tertiary/aromatic N) is 1. The molecular formula is C22H23NO3. The Balaban J connectivity index is 2.23. The lowest BCUT2D eigenvalue weighted by Gasteiger charge is -2.19. The normalized spacial score (nSPS) is 19.1. The van der Waals surface area contributed by atoms with Gasteiger partial charge in [0.2, 0.25) is 5.91 Å². The predicted octanol–water partition coefficient (Wildman–Crippen LogP) is 2.34. The third-order valence-corrected chi connectivity index (χ3v) is 4.82. The third-order valence-electron chi connectivity index (χ3n) is 4.82. The first-order chi connectivity index (χ1) is 12.3. The molecule has 1 aliphatic carbocycles. The maximum atomic E-state index is 12.9. The second-order valence-electron chi connectivity index (χ2n) is 6.88. The van der Waals surface area contributed by atoms with Crippen LogP contribution in [0.25, 0.3) is 0 Å². The maximum absolute atomic E-state index is 12.9. The standard InChI is InChI=1S/C22H23NO3/c1-6-8-23(9-7-2)19(25)13-17-12-18(24)21(22(17)26)20-15(4)10-14(3)11-16(20)5/h1-2,10-11,17,21H,8-9,12-13H2,3-5H3. The average molecular weight is 349 g/mol. The zero-order chi connectivity index (χ0) is 19.4. The van der Waals surface area contributed by atoms with E-state index in [9.17, 15) is 14.4 Å². The van der Waals surface area contributed by atoms with Crippen LogP contribution in [0.2, 0.25) is 0 Å². The van der Waals surface area contributed by atoms with Crippen LogP contribution in [-0.2, 0) is 14.4 Å². The fourth-order valence-corrected chi connectivity index (χ4v) is 3.77. The molecule has 1 aromatic carbocycles. The Labute approximate surface area is 155 Å². The molecule has 0 aromatic heterocycles. The van der Waals surface area contributed by atoms with Crippen LogP contribution in [0.15, 0.2) is 12.1 Å². The number of ketones is 2. The van der Waals surface area contributed by atoms with Crippen LogP contribution in [0.5, 0.6) is 0 Å². The molecule has 2 atom stereocenters. The van der Waals surface area contributed by atoms with Crippen molar-refractivity contribution < 1.29 is 14.4 Å². The van der Waals surface area contributed by atoms with Crippen molar-refractivity contribution in [3.63, 3.8) is 0 Å². The van der Waals surface area contributed by atoms with E-state index >= 15 is 0 Å². The SMILES string of the molecule is C#CCN(CC#C)C(=O)CC1CC(=O)C(c2c(C)cc(C)cc2C)C1=O. The Morgan fingerprint density at radius 2 is 1.65 bits per heavy atom. The molecule has 1 saturated carbocycles. The van der Waals surface area contributed by atoms with E-state index in [0.717, 1.165) is 22.3 Å². The summed E-state index contributed by atoms with van der Waals surface area (Å²) in [4.78, 5) is 39.3. The van der Waals surface area contributed by atoms with Gasteiger partial charge in [-0.2, -0.15) is 0 Å². The number of rotatable bonds is 5. The van der Waals surface area contributed by atoms with Crippen molar-refractivity contribution in [3.8, 4) is 24.7 Å². The van der Waals surface area contributed by atoms with Gasteiger partial charge in [-0.15, -0.1) is 12.8 Å². The van der Waals surface area contributed by atoms with Gasteiger partial charge in [0.1, 0.15) is 11.7 Å². The third kappa shape index (κ3) is 3.86. The summed E-state index contributed by atoms with van der Waals surface area (Å²) in [6.45, 7) is 6.00. The maximum Gasteiger partial charge on any atom is 0.224 e. The zero-order valence-electron chi connectivity index (χ0n) is 15.5. The van der Waals surface area contributed by atoms with Crippen molar-refractivity contribution in [1.82, 2.24) is 4.90 Å². The molecule has 0 bridgehead atoms. The van der Waals surface area contributed by atoms with Gasteiger partial charge in [0, 0.05) is 18.8 Å². The van der Waals surface area contributed by atoms with Crippen molar-refractivity contribution >= 4 is 17.5 Å². The molecule has 0 N–H and O–H groups in total. The molecule has 2 unspecified atom stereocenters. The zero-order valence-corrected chi connectivity index (χ0v) is 15.5. The topological polar surface area (TPSA) is 54.5 Å². The summed E-state index contributed by atoms with van der Waals surface area (Å²) < 4.78 is 0. The van der Waals surface area contributed by atoms with Gasteiger partial charge in [-0.25, -0.2) is 0 Å². The van der Waals surface area contributed by atoms with E-state index in [2.05, 4.69) is 11.8 Å². The van der Waals surface area contributed by atoms with Crippen molar-refractivity contribution in [2.45, 2.75) is 39.5 Å². The Kier molecular flexibility index (Phi) is 6.01. The van der Waals surface area contributed by atoms with Crippen molar-refractivity contribution in [2.24, 2.45) is 5.92 Å². The summed E-state index contributed by atoms with van der Waals surface area (Å²) in [6, 6.07) is 3.95. The highest BCUT2D eigenvalue weighted by Crippen LogP contribution is 2.37. The molecule has 1 aliphatic rings. The number of benzene rings is 1. The van der Waals surface area contributed by atoms with E-state index < -0.39 is 11.8 Å². The van der Waals surface area contributed by atoms with Gasteiger partial charge in [-0.1, -0.05) is 29.5 Å². The fraction of sp³-hybridized carbons (Fsp3) is 0.409. The largest absolute Gasteiger partial charge is 0.320 e. The predicted molar refractivity (Wildman–Crippen MR) is 100 cm³/mol. The Morgan fingerprint density at radius 3 is 2.15 bits per heavy atom. The molecule has 2 rings (SSSR count). The number of Topliss-reactive ketones (excluding diaryl/α,β-unsaturated/α-hetero) is 2. The first kappa shape index (κ1) is 19.5. The minimum atomic E-state index is -0.776. The van der Waals surface area contributed by atoms with Crippen LogP contribution in [0.1, 0.15) is 41.0 Å². The van der Waals surface area contributed by atoms with Crippen LogP contribution >= 0.6 is 0 Å². The number of aryl methyl sites for hydroxylation is 3. The molecule has 0 radical (unpaired) electrons. The summed E-state index contributed by atoms with van der Waals surface area (Å²) >= 11 is 0. The highest BCUT2D eigenvalue weighted by molar-refractivity contribution is 6.15. The second-order valence-corrected chi connectivity index (χ2v) is 6.88. The molecule has 0 saturated heterocycles. The van der Waals surface area contributed by atoms with Gasteiger partial charge in [-0.05, 0) is 37.5 Å². The van der Waals surface area contributed by atoms with E-state index in [0.29, 0.717) is 0 Å². The molecule has 4 nitrogen and oxygen atoms in total. The Morgan fingerprint density at radius 1 is 1.12 bits per heavy atom. The van der Waals surface area contributed by atoms with Crippen LogP contribution in [0.4, 0.5) is 0 Å². The first-order valence-corrected chi connectivity index (χ1v) is 8.59. The molecule has 0 heterocycles. The highest BCUT2D eigenvalue weighted by atomic mass is 16.2. The number of hydrogen-bond donors (Lipinski definition) is 0. The summed E-state index contributed by atoms with van der Waals surface area (Å²) in [5.74, 6) is 2.80. The van der Waals surface area contributed by atoms with Gasteiger partial charge in [0.25, 0.3) is 0 Å². The van der Waals surface area contributed by atoms with E-state index in [1.165, 1.54) is 4.90 Å². The van der Waals surface area contributed by atoms with Crippen LogP contribution < -0.4 is 0 Å². The molecule has 0 spiro atoms. The fourth-order valence-electron chi connectivity index (χ4n) is 3.77. The molecule has 134 valence electrons. The quantitative estimate of drug-likeness (QED) is 0.606. The van der Waals surface area contributed by atoms with E-state index in [1.807, 2.05) is 32.9 Å².